The third kappa shape index (κ3) is 3.76. The number of alkyl halides is 3. The normalized spacial score (nSPS) is 17.1. The van der Waals surface area contributed by atoms with Gasteiger partial charge < -0.3 is 14.4 Å². The Balaban J connectivity index is 1.84. The van der Waals surface area contributed by atoms with Crippen molar-refractivity contribution >= 4 is 5.91 Å². The van der Waals surface area contributed by atoms with Crippen molar-refractivity contribution in [3.8, 4) is 11.5 Å². The molecule has 0 bridgehead atoms. The molecule has 26 heavy (non-hydrogen) atoms. The maximum Gasteiger partial charge on any atom is 0.416 e. The average Bonchev–Trinajstić information content (AvgIpc) is 2.77. The van der Waals surface area contributed by atoms with Crippen LogP contribution in [0.4, 0.5) is 13.2 Å². The van der Waals surface area contributed by atoms with Crippen LogP contribution in [0.2, 0.25) is 0 Å². The molecule has 1 atom stereocenters. The molecule has 0 spiro atoms. The minimum Gasteiger partial charge on any atom is -0.497 e. The molecule has 0 aromatic heterocycles. The van der Waals surface area contributed by atoms with Gasteiger partial charge in [0.15, 0.2) is 0 Å². The lowest BCUT2D eigenvalue weighted by Crippen LogP contribution is -2.36. The number of amides is 1. The number of halogens is 3. The fraction of sp³-hybridized carbons (Fsp3) is 0.316. The van der Waals surface area contributed by atoms with Crippen LogP contribution >= 0.6 is 0 Å². The van der Waals surface area contributed by atoms with E-state index >= 15 is 0 Å². The van der Waals surface area contributed by atoms with Crippen LogP contribution in [0.3, 0.4) is 0 Å². The minimum absolute atomic E-state index is 0.210. The Labute approximate surface area is 149 Å². The average molecular weight is 365 g/mol. The van der Waals surface area contributed by atoms with Crippen molar-refractivity contribution < 1.29 is 27.4 Å². The molecular formula is C19H18F3NO3. The summed E-state index contributed by atoms with van der Waals surface area (Å²) in [6.45, 7) is 2.47. The lowest BCUT2D eigenvalue weighted by Gasteiger charge is -2.22. The highest BCUT2D eigenvalue weighted by Gasteiger charge is 2.31. The second kappa shape index (κ2) is 6.90. The SMILES string of the molecule is COc1ccc2c(c1)OC(C)CN(C(=O)c1ccc(C(F)(F)F)cc1)C2. The van der Waals surface area contributed by atoms with Crippen molar-refractivity contribution in [2.24, 2.45) is 0 Å². The fourth-order valence-corrected chi connectivity index (χ4v) is 2.88. The van der Waals surface area contributed by atoms with Crippen LogP contribution in [-0.2, 0) is 12.7 Å². The van der Waals surface area contributed by atoms with E-state index in [1.165, 1.54) is 12.1 Å². The molecule has 0 saturated heterocycles. The van der Waals surface area contributed by atoms with E-state index in [-0.39, 0.29) is 17.6 Å². The quantitative estimate of drug-likeness (QED) is 0.803. The van der Waals surface area contributed by atoms with Crippen LogP contribution in [0.1, 0.15) is 28.4 Å². The first kappa shape index (κ1) is 18.1. The van der Waals surface area contributed by atoms with E-state index in [1.807, 2.05) is 13.0 Å². The van der Waals surface area contributed by atoms with E-state index in [1.54, 1.807) is 24.1 Å². The Hall–Kier alpha value is -2.70. The van der Waals surface area contributed by atoms with Gasteiger partial charge in [-0.3, -0.25) is 4.79 Å². The Morgan fingerprint density at radius 2 is 1.88 bits per heavy atom. The summed E-state index contributed by atoms with van der Waals surface area (Å²) in [7, 11) is 1.56. The van der Waals surface area contributed by atoms with Crippen LogP contribution in [0, 0.1) is 0 Å². The predicted molar refractivity (Wildman–Crippen MR) is 89.3 cm³/mol. The summed E-state index contributed by atoms with van der Waals surface area (Å²) in [5.74, 6) is 0.955. The Morgan fingerprint density at radius 1 is 1.19 bits per heavy atom. The van der Waals surface area contributed by atoms with Crippen LogP contribution in [0.5, 0.6) is 11.5 Å². The van der Waals surface area contributed by atoms with E-state index in [9.17, 15) is 18.0 Å². The maximum atomic E-state index is 12.8. The molecular weight excluding hydrogens is 347 g/mol. The fourth-order valence-electron chi connectivity index (χ4n) is 2.88. The van der Waals surface area contributed by atoms with E-state index < -0.39 is 11.7 Å². The standard InChI is InChI=1S/C19H18F3NO3/c1-12-10-23(11-14-5-8-16(25-2)9-17(14)26-12)18(24)13-3-6-15(7-4-13)19(20,21)22/h3-9,12H,10-11H2,1-2H3. The van der Waals surface area contributed by atoms with E-state index in [0.717, 1.165) is 17.7 Å². The number of carbonyl (C=O) groups excluding carboxylic acids is 1. The second-order valence-corrected chi connectivity index (χ2v) is 6.16. The number of benzene rings is 2. The lowest BCUT2D eigenvalue weighted by molar-refractivity contribution is -0.137. The number of methoxy groups -OCH3 is 1. The third-order valence-electron chi connectivity index (χ3n) is 4.19. The molecule has 4 nitrogen and oxygen atoms in total. The molecule has 138 valence electrons. The first-order valence-electron chi connectivity index (χ1n) is 8.08. The predicted octanol–water partition coefficient (Wildman–Crippen LogP) is 4.14. The molecule has 0 saturated carbocycles. The van der Waals surface area contributed by atoms with Gasteiger partial charge in [-0.05, 0) is 43.3 Å². The zero-order valence-corrected chi connectivity index (χ0v) is 14.3. The largest absolute Gasteiger partial charge is 0.497 e. The van der Waals surface area contributed by atoms with Crippen LogP contribution in [-0.4, -0.2) is 30.6 Å². The van der Waals surface area contributed by atoms with Crippen LogP contribution in [0.25, 0.3) is 0 Å². The van der Waals surface area contributed by atoms with Crippen molar-refractivity contribution in [1.29, 1.82) is 0 Å². The Morgan fingerprint density at radius 3 is 2.50 bits per heavy atom. The highest BCUT2D eigenvalue weighted by atomic mass is 19.4. The molecule has 1 aliphatic heterocycles. The van der Waals surface area contributed by atoms with Gasteiger partial charge in [-0.15, -0.1) is 0 Å². The smallest absolute Gasteiger partial charge is 0.416 e. The van der Waals surface area contributed by atoms with Crippen molar-refractivity contribution in [2.45, 2.75) is 25.7 Å². The van der Waals surface area contributed by atoms with Crippen LogP contribution < -0.4 is 9.47 Å². The minimum atomic E-state index is -4.43. The maximum absolute atomic E-state index is 12.8. The molecule has 0 aliphatic carbocycles. The van der Waals surface area contributed by atoms with E-state index in [2.05, 4.69) is 0 Å². The number of hydrogen-bond donors (Lipinski definition) is 0. The second-order valence-electron chi connectivity index (χ2n) is 6.16. The van der Waals surface area contributed by atoms with Gasteiger partial charge in [0, 0.05) is 23.7 Å². The third-order valence-corrected chi connectivity index (χ3v) is 4.19. The molecule has 2 aromatic rings. The number of ether oxygens (including phenoxy) is 2. The summed E-state index contributed by atoms with van der Waals surface area (Å²) in [5.41, 5.74) is 0.247. The summed E-state index contributed by atoms with van der Waals surface area (Å²) in [5, 5.41) is 0. The zero-order valence-electron chi connectivity index (χ0n) is 14.3. The summed E-state index contributed by atoms with van der Waals surface area (Å²) in [4.78, 5) is 14.3. The molecule has 1 unspecified atom stereocenters. The van der Waals surface area contributed by atoms with Gasteiger partial charge >= 0.3 is 6.18 Å². The van der Waals surface area contributed by atoms with Crippen LogP contribution in [0.15, 0.2) is 42.5 Å². The molecule has 1 aliphatic rings. The molecule has 0 radical (unpaired) electrons. The number of fused-ring (bicyclic) bond motifs is 1. The number of rotatable bonds is 2. The van der Waals surface area contributed by atoms with Crippen molar-refractivity contribution in [2.75, 3.05) is 13.7 Å². The molecule has 7 heteroatoms. The molecule has 3 rings (SSSR count). The lowest BCUT2D eigenvalue weighted by atomic mass is 10.1. The summed E-state index contributed by atoms with van der Waals surface area (Å²) in [6.07, 6.45) is -4.69. The van der Waals surface area contributed by atoms with Gasteiger partial charge in [-0.1, -0.05) is 0 Å². The number of carbonyl (C=O) groups is 1. The van der Waals surface area contributed by atoms with Gasteiger partial charge in [0.05, 0.1) is 19.2 Å². The zero-order chi connectivity index (χ0) is 18.9. The summed E-state index contributed by atoms with van der Waals surface area (Å²) in [6, 6.07) is 9.61. The highest BCUT2D eigenvalue weighted by Crippen LogP contribution is 2.31. The molecule has 1 amide bonds. The van der Waals surface area contributed by atoms with E-state index in [0.29, 0.717) is 24.6 Å². The van der Waals surface area contributed by atoms with Crippen molar-refractivity contribution in [3.63, 3.8) is 0 Å². The first-order chi connectivity index (χ1) is 12.3. The highest BCUT2D eigenvalue weighted by molar-refractivity contribution is 5.94. The molecule has 1 heterocycles. The van der Waals surface area contributed by atoms with Crippen molar-refractivity contribution in [1.82, 2.24) is 4.90 Å². The molecule has 2 aromatic carbocycles. The Bertz CT molecular complexity index is 803. The van der Waals surface area contributed by atoms with Gasteiger partial charge in [-0.25, -0.2) is 0 Å². The van der Waals surface area contributed by atoms with E-state index in [4.69, 9.17) is 9.47 Å². The van der Waals surface area contributed by atoms with Crippen molar-refractivity contribution in [3.05, 3.63) is 59.2 Å². The topological polar surface area (TPSA) is 38.8 Å². The van der Waals surface area contributed by atoms with Gasteiger partial charge in [-0.2, -0.15) is 13.2 Å². The number of hydrogen-bond acceptors (Lipinski definition) is 3. The monoisotopic (exact) mass is 365 g/mol. The first-order valence-corrected chi connectivity index (χ1v) is 8.08. The summed E-state index contributed by atoms with van der Waals surface area (Å²) < 4.78 is 49.1. The van der Waals surface area contributed by atoms with Gasteiger partial charge in [0.2, 0.25) is 0 Å². The number of nitrogens with zero attached hydrogens (tertiary/aromatic N) is 1. The molecule has 0 fully saturated rings. The molecule has 0 N–H and O–H groups in total. The van der Waals surface area contributed by atoms with Gasteiger partial charge in [0.1, 0.15) is 17.6 Å². The summed E-state index contributed by atoms with van der Waals surface area (Å²) >= 11 is 0. The van der Waals surface area contributed by atoms with Gasteiger partial charge in [0.25, 0.3) is 5.91 Å². The Kier molecular flexibility index (Phi) is 4.80.